The minimum atomic E-state index is -0.599. The number of rotatable bonds is 6. The third-order valence-electron chi connectivity index (χ3n) is 7.87. The SMILES string of the molecule is CO[C@H]1/C=C\C[C@@H](OC(=O)/C=C/c2cn(C)cn2)C[C@H]2C(C)=CC[C@H](C(C)C)[C@H]2C[C@@H]1OC(=O)C(C)(C)C. The Bertz CT molecular complexity index is 1040. The average Bonchev–Trinajstić information content (AvgIpc) is 3.26. The zero-order chi connectivity index (χ0) is 28.0. The van der Waals surface area contributed by atoms with E-state index in [0.717, 1.165) is 12.8 Å². The topological polar surface area (TPSA) is 79.7 Å². The van der Waals surface area contributed by atoms with Gasteiger partial charge < -0.3 is 18.8 Å². The molecule has 0 saturated heterocycles. The quantitative estimate of drug-likeness (QED) is 0.260. The molecule has 2 aliphatic carbocycles. The van der Waals surface area contributed by atoms with Crippen LogP contribution in [-0.4, -0.2) is 46.9 Å². The van der Waals surface area contributed by atoms with Gasteiger partial charge in [0.05, 0.1) is 17.4 Å². The summed E-state index contributed by atoms with van der Waals surface area (Å²) in [5, 5.41) is 0. The zero-order valence-corrected chi connectivity index (χ0v) is 24.3. The van der Waals surface area contributed by atoms with Crippen LogP contribution < -0.4 is 0 Å². The number of hydrogen-bond donors (Lipinski definition) is 0. The van der Waals surface area contributed by atoms with Gasteiger partial charge in [0.15, 0.2) is 0 Å². The highest BCUT2D eigenvalue weighted by molar-refractivity contribution is 5.86. The van der Waals surface area contributed by atoms with Crippen LogP contribution in [0.3, 0.4) is 0 Å². The van der Waals surface area contributed by atoms with Crippen molar-refractivity contribution in [2.24, 2.45) is 36.1 Å². The lowest BCUT2D eigenvalue weighted by Crippen LogP contribution is -2.42. The number of fused-ring (bicyclic) bond motifs is 1. The van der Waals surface area contributed by atoms with Crippen molar-refractivity contribution in [2.45, 2.75) is 85.5 Å². The van der Waals surface area contributed by atoms with E-state index in [1.54, 1.807) is 19.5 Å². The molecule has 0 fully saturated rings. The molecule has 7 nitrogen and oxygen atoms in total. The molecule has 0 aromatic carbocycles. The molecule has 0 saturated carbocycles. The molecule has 210 valence electrons. The summed E-state index contributed by atoms with van der Waals surface area (Å²) in [5.41, 5.74) is 1.43. The van der Waals surface area contributed by atoms with E-state index >= 15 is 0 Å². The van der Waals surface area contributed by atoms with Gasteiger partial charge in [0.1, 0.15) is 18.3 Å². The maximum absolute atomic E-state index is 12.9. The molecule has 0 spiro atoms. The Morgan fingerprint density at radius 2 is 1.89 bits per heavy atom. The molecule has 0 aliphatic heterocycles. The Morgan fingerprint density at radius 1 is 1.16 bits per heavy atom. The number of esters is 2. The summed E-state index contributed by atoms with van der Waals surface area (Å²) in [6.07, 6.45) is 14.9. The van der Waals surface area contributed by atoms with Crippen molar-refractivity contribution in [3.05, 3.63) is 48.1 Å². The largest absolute Gasteiger partial charge is 0.459 e. The highest BCUT2D eigenvalue weighted by atomic mass is 16.6. The van der Waals surface area contributed by atoms with E-state index in [9.17, 15) is 9.59 Å². The number of aryl methyl sites for hydroxylation is 1. The first-order valence-corrected chi connectivity index (χ1v) is 13.8. The highest BCUT2D eigenvalue weighted by Crippen LogP contribution is 2.45. The summed E-state index contributed by atoms with van der Waals surface area (Å²) >= 11 is 0. The van der Waals surface area contributed by atoms with Crippen LogP contribution in [0.2, 0.25) is 0 Å². The average molecular weight is 527 g/mol. The fourth-order valence-electron chi connectivity index (χ4n) is 5.65. The standard InChI is InChI=1S/C31H46N2O5/c1-20(2)24-14-12-21(3)25-16-23(37-29(34)15-13-22-18-33(7)19-32-22)10-9-11-27(36-8)28(17-26(24)25)38-30(35)31(4,5)6/h9,11-13,15,18-20,23-28H,10,14,16-17H2,1-8H3/b11-9-,15-13+/t23-,24-,25+,26-,27+,28+/m1/s1. The van der Waals surface area contributed by atoms with Gasteiger partial charge in [-0.1, -0.05) is 37.6 Å². The van der Waals surface area contributed by atoms with Crippen molar-refractivity contribution in [1.82, 2.24) is 9.55 Å². The predicted molar refractivity (Wildman–Crippen MR) is 149 cm³/mol. The third kappa shape index (κ3) is 7.92. The fourth-order valence-corrected chi connectivity index (χ4v) is 5.65. The van der Waals surface area contributed by atoms with E-state index < -0.39 is 5.41 Å². The Labute approximate surface area is 228 Å². The van der Waals surface area contributed by atoms with Crippen molar-refractivity contribution >= 4 is 18.0 Å². The van der Waals surface area contributed by atoms with Crippen molar-refractivity contribution in [1.29, 1.82) is 0 Å². The third-order valence-corrected chi connectivity index (χ3v) is 7.87. The summed E-state index contributed by atoms with van der Waals surface area (Å²) in [7, 11) is 3.54. The summed E-state index contributed by atoms with van der Waals surface area (Å²) in [5.74, 6) is 0.789. The van der Waals surface area contributed by atoms with Crippen LogP contribution in [0.1, 0.15) is 72.9 Å². The number of allylic oxidation sites excluding steroid dienone is 2. The molecular weight excluding hydrogens is 480 g/mol. The first kappa shape index (κ1) is 29.9. The second-order valence-corrected chi connectivity index (χ2v) is 12.2. The second-order valence-electron chi connectivity index (χ2n) is 12.2. The lowest BCUT2D eigenvalue weighted by atomic mass is 9.64. The van der Waals surface area contributed by atoms with Crippen LogP contribution in [0.4, 0.5) is 0 Å². The Kier molecular flexibility index (Phi) is 10.2. The summed E-state index contributed by atoms with van der Waals surface area (Å²) in [6.45, 7) is 12.3. The van der Waals surface area contributed by atoms with Gasteiger partial charge in [-0.05, 0) is 76.7 Å². The number of carbonyl (C=O) groups is 2. The highest BCUT2D eigenvalue weighted by Gasteiger charge is 2.41. The number of methoxy groups -OCH3 is 1. The van der Waals surface area contributed by atoms with Crippen LogP contribution >= 0.6 is 0 Å². The summed E-state index contributed by atoms with van der Waals surface area (Å²) in [4.78, 5) is 30.0. The molecule has 7 heteroatoms. The summed E-state index contributed by atoms with van der Waals surface area (Å²) in [6, 6.07) is 0. The molecular formula is C31H46N2O5. The van der Waals surface area contributed by atoms with E-state index in [1.165, 1.54) is 11.6 Å². The van der Waals surface area contributed by atoms with Crippen LogP contribution in [0.25, 0.3) is 6.08 Å². The number of aromatic nitrogens is 2. The monoisotopic (exact) mass is 526 g/mol. The maximum atomic E-state index is 12.9. The normalized spacial score (nSPS) is 29.4. The number of carbonyl (C=O) groups excluding carboxylic acids is 2. The van der Waals surface area contributed by atoms with E-state index in [0.29, 0.717) is 30.4 Å². The molecule has 0 N–H and O–H groups in total. The first-order chi connectivity index (χ1) is 17.9. The fraction of sp³-hybridized carbons (Fsp3) is 0.645. The van der Waals surface area contributed by atoms with Gasteiger partial charge in [-0.2, -0.15) is 0 Å². The molecule has 0 amide bonds. The van der Waals surface area contributed by atoms with E-state index in [2.05, 4.69) is 31.8 Å². The van der Waals surface area contributed by atoms with Crippen LogP contribution in [0.15, 0.2) is 42.4 Å². The molecule has 0 unspecified atom stereocenters. The Balaban J connectivity index is 1.90. The molecule has 1 aromatic rings. The Morgan fingerprint density at radius 3 is 2.50 bits per heavy atom. The minimum absolute atomic E-state index is 0.216. The van der Waals surface area contributed by atoms with E-state index in [1.807, 2.05) is 50.7 Å². The van der Waals surface area contributed by atoms with Gasteiger partial charge >= 0.3 is 11.9 Å². The second kappa shape index (κ2) is 12.9. The molecule has 1 heterocycles. The lowest BCUT2D eigenvalue weighted by molar-refractivity contribution is -0.166. The number of ether oxygens (including phenoxy) is 3. The van der Waals surface area contributed by atoms with Crippen molar-refractivity contribution in [3.63, 3.8) is 0 Å². The van der Waals surface area contributed by atoms with Gasteiger partial charge in [0.25, 0.3) is 0 Å². The molecule has 0 radical (unpaired) electrons. The predicted octanol–water partition coefficient (Wildman–Crippen LogP) is 5.91. The molecule has 3 rings (SSSR count). The van der Waals surface area contributed by atoms with Gasteiger partial charge in [-0.3, -0.25) is 4.79 Å². The van der Waals surface area contributed by atoms with Crippen molar-refractivity contribution in [3.8, 4) is 0 Å². The molecule has 0 bridgehead atoms. The summed E-state index contributed by atoms with van der Waals surface area (Å²) < 4.78 is 19.8. The van der Waals surface area contributed by atoms with E-state index in [-0.39, 0.29) is 42.1 Å². The van der Waals surface area contributed by atoms with Gasteiger partial charge in [-0.25, -0.2) is 9.78 Å². The zero-order valence-electron chi connectivity index (χ0n) is 24.3. The van der Waals surface area contributed by atoms with Gasteiger partial charge in [-0.15, -0.1) is 0 Å². The smallest absolute Gasteiger partial charge is 0.331 e. The number of imidazole rings is 1. The minimum Gasteiger partial charge on any atom is -0.459 e. The molecule has 6 atom stereocenters. The molecule has 38 heavy (non-hydrogen) atoms. The van der Waals surface area contributed by atoms with Crippen LogP contribution in [0.5, 0.6) is 0 Å². The number of nitrogens with zero attached hydrogens (tertiary/aromatic N) is 2. The maximum Gasteiger partial charge on any atom is 0.331 e. The van der Waals surface area contributed by atoms with Crippen LogP contribution in [0, 0.1) is 29.1 Å². The number of hydrogen-bond acceptors (Lipinski definition) is 6. The molecule has 1 aromatic heterocycles. The molecule has 2 aliphatic rings. The Hall–Kier alpha value is -2.67. The van der Waals surface area contributed by atoms with Gasteiger partial charge in [0, 0.05) is 32.9 Å². The first-order valence-electron chi connectivity index (χ1n) is 13.8. The lowest BCUT2D eigenvalue weighted by Gasteiger charge is -2.43. The van der Waals surface area contributed by atoms with Crippen LogP contribution in [-0.2, 0) is 30.8 Å². The van der Waals surface area contributed by atoms with Gasteiger partial charge in [0.2, 0.25) is 0 Å². The van der Waals surface area contributed by atoms with Crippen molar-refractivity contribution < 1.29 is 23.8 Å². The van der Waals surface area contributed by atoms with Crippen molar-refractivity contribution in [2.75, 3.05) is 7.11 Å². The van der Waals surface area contributed by atoms with E-state index in [4.69, 9.17) is 14.2 Å².